The van der Waals surface area contributed by atoms with Gasteiger partial charge in [-0.25, -0.2) is 4.79 Å². The molecule has 94 valence electrons. The van der Waals surface area contributed by atoms with Crippen LogP contribution in [0.3, 0.4) is 0 Å². The van der Waals surface area contributed by atoms with Gasteiger partial charge in [-0.15, -0.1) is 0 Å². The predicted molar refractivity (Wildman–Crippen MR) is 61.4 cm³/mol. The minimum Gasteiger partial charge on any atom is -0.513 e. The maximum Gasteiger partial charge on any atom is 0.406 e. The summed E-state index contributed by atoms with van der Waals surface area (Å²) in [6.07, 6.45) is 1.72. The largest absolute Gasteiger partial charge is 0.513 e. The number of nitrogens with zero attached hydrogens (tertiary/aromatic N) is 1. The Labute approximate surface area is 96.0 Å². The van der Waals surface area contributed by atoms with E-state index in [1.807, 2.05) is 19.9 Å². The van der Waals surface area contributed by atoms with Crippen LogP contribution in [0.1, 0.15) is 26.7 Å². The number of allylic oxidation sites excluding steroid dienone is 1. The molecule has 3 N–H and O–H groups in total. The molecule has 5 heteroatoms. The normalized spacial score (nSPS) is 22.6. The molecular formula is C11H21NO4. The average molecular weight is 231 g/mol. The van der Waals surface area contributed by atoms with Crippen LogP contribution in [0.5, 0.6) is 0 Å². The molecule has 1 unspecified atom stereocenters. The van der Waals surface area contributed by atoms with E-state index in [-0.39, 0.29) is 11.5 Å². The Morgan fingerprint density at radius 3 is 2.19 bits per heavy atom. The van der Waals surface area contributed by atoms with Crippen molar-refractivity contribution in [2.24, 2.45) is 5.41 Å². The fourth-order valence-electron chi connectivity index (χ4n) is 1.49. The lowest BCUT2D eigenvalue weighted by Crippen LogP contribution is -2.24. The van der Waals surface area contributed by atoms with Crippen molar-refractivity contribution in [3.05, 3.63) is 11.8 Å². The van der Waals surface area contributed by atoms with Crippen molar-refractivity contribution in [2.75, 3.05) is 14.1 Å². The SMILES string of the molecule is CC1(C)C=C(O)CC(O)C1.CN(C)C(=O)O. The lowest BCUT2D eigenvalue weighted by Gasteiger charge is -2.28. The van der Waals surface area contributed by atoms with Crippen LogP contribution in [0.4, 0.5) is 4.79 Å². The third kappa shape index (κ3) is 6.29. The van der Waals surface area contributed by atoms with E-state index in [1.54, 1.807) is 0 Å². The molecule has 0 aliphatic heterocycles. The summed E-state index contributed by atoms with van der Waals surface area (Å²) in [7, 11) is 2.95. The third-order valence-electron chi connectivity index (χ3n) is 2.15. The zero-order valence-electron chi connectivity index (χ0n) is 10.3. The summed E-state index contributed by atoms with van der Waals surface area (Å²) in [5, 5.41) is 26.2. The monoisotopic (exact) mass is 231 g/mol. The van der Waals surface area contributed by atoms with Gasteiger partial charge in [0.25, 0.3) is 0 Å². The molecule has 0 aromatic carbocycles. The molecule has 1 atom stereocenters. The number of aliphatic hydroxyl groups excluding tert-OH is 2. The molecule has 5 nitrogen and oxygen atoms in total. The summed E-state index contributed by atoms with van der Waals surface area (Å²) in [6, 6.07) is 0. The number of carboxylic acid groups (broad SMARTS) is 1. The highest BCUT2D eigenvalue weighted by atomic mass is 16.4. The summed E-state index contributed by atoms with van der Waals surface area (Å²) in [5.41, 5.74) is -0.0399. The van der Waals surface area contributed by atoms with E-state index in [0.29, 0.717) is 12.2 Å². The Kier molecular flexibility index (Phi) is 5.30. The van der Waals surface area contributed by atoms with Gasteiger partial charge in [0.2, 0.25) is 0 Å². The molecule has 0 saturated heterocycles. The molecule has 1 aliphatic rings. The number of hydrogen-bond acceptors (Lipinski definition) is 3. The van der Waals surface area contributed by atoms with Crippen molar-refractivity contribution in [3.63, 3.8) is 0 Å². The Balaban J connectivity index is 0.000000325. The van der Waals surface area contributed by atoms with Gasteiger partial charge in [0.1, 0.15) is 0 Å². The summed E-state index contributed by atoms with van der Waals surface area (Å²) in [6.45, 7) is 4.01. The summed E-state index contributed by atoms with van der Waals surface area (Å²) in [5.74, 6) is 0.323. The van der Waals surface area contributed by atoms with E-state index in [4.69, 9.17) is 10.2 Å². The molecule has 0 saturated carbocycles. The quantitative estimate of drug-likeness (QED) is 0.594. The smallest absolute Gasteiger partial charge is 0.406 e. The maximum atomic E-state index is 9.62. The summed E-state index contributed by atoms with van der Waals surface area (Å²) in [4.78, 5) is 10.7. The predicted octanol–water partition coefficient (Wildman–Crippen LogP) is 1.84. The van der Waals surface area contributed by atoms with Crippen LogP contribution < -0.4 is 0 Å². The van der Waals surface area contributed by atoms with Gasteiger partial charge in [-0.05, 0) is 17.9 Å². The van der Waals surface area contributed by atoms with Gasteiger partial charge >= 0.3 is 6.09 Å². The molecule has 16 heavy (non-hydrogen) atoms. The topological polar surface area (TPSA) is 81.0 Å². The van der Waals surface area contributed by atoms with Crippen molar-refractivity contribution in [2.45, 2.75) is 32.8 Å². The molecule has 1 aliphatic carbocycles. The van der Waals surface area contributed by atoms with Crippen LogP contribution in [0.2, 0.25) is 0 Å². The molecule has 1 amide bonds. The molecule has 0 fully saturated rings. The third-order valence-corrected chi connectivity index (χ3v) is 2.15. The zero-order valence-corrected chi connectivity index (χ0v) is 10.3. The number of hydrogen-bond donors (Lipinski definition) is 3. The van der Waals surface area contributed by atoms with Crippen molar-refractivity contribution < 1.29 is 20.1 Å². The summed E-state index contributed by atoms with van der Waals surface area (Å²) < 4.78 is 0. The molecule has 0 aromatic rings. The second-order valence-electron chi connectivity index (χ2n) is 4.86. The Bertz CT molecular complexity index is 271. The van der Waals surface area contributed by atoms with Crippen LogP contribution in [-0.2, 0) is 0 Å². The molecule has 0 aromatic heterocycles. The lowest BCUT2D eigenvalue weighted by molar-refractivity contribution is 0.102. The average Bonchev–Trinajstić information content (AvgIpc) is 1.99. The minimum atomic E-state index is -0.907. The first-order valence-electron chi connectivity index (χ1n) is 5.13. The van der Waals surface area contributed by atoms with Gasteiger partial charge in [-0.1, -0.05) is 13.8 Å². The second kappa shape index (κ2) is 5.75. The first-order valence-corrected chi connectivity index (χ1v) is 5.13. The van der Waals surface area contributed by atoms with Gasteiger partial charge < -0.3 is 20.2 Å². The molecule has 0 spiro atoms. The standard InChI is InChI=1S/C8H14O2.C3H7NO2/c1-8(2)4-6(9)3-7(10)5-8;1-4(2)3(5)6/h4,7,9-10H,3,5H2,1-2H3;1-2H3,(H,5,6). The molecular weight excluding hydrogens is 210 g/mol. The van der Waals surface area contributed by atoms with E-state index >= 15 is 0 Å². The first kappa shape index (κ1) is 14.8. The van der Waals surface area contributed by atoms with Crippen LogP contribution in [0.15, 0.2) is 11.8 Å². The Hall–Kier alpha value is -1.23. The fourth-order valence-corrected chi connectivity index (χ4v) is 1.49. The van der Waals surface area contributed by atoms with Crippen molar-refractivity contribution in [1.82, 2.24) is 4.90 Å². The van der Waals surface area contributed by atoms with Crippen molar-refractivity contribution in [1.29, 1.82) is 0 Å². The summed E-state index contributed by atoms with van der Waals surface area (Å²) >= 11 is 0. The lowest BCUT2D eigenvalue weighted by atomic mass is 9.81. The highest BCUT2D eigenvalue weighted by molar-refractivity contribution is 5.63. The molecule has 0 heterocycles. The van der Waals surface area contributed by atoms with E-state index in [9.17, 15) is 9.90 Å². The fraction of sp³-hybridized carbons (Fsp3) is 0.727. The first-order chi connectivity index (χ1) is 7.14. The maximum absolute atomic E-state index is 9.62. The van der Waals surface area contributed by atoms with Crippen LogP contribution in [0.25, 0.3) is 0 Å². The minimum absolute atomic E-state index is 0.0399. The van der Waals surface area contributed by atoms with Crippen molar-refractivity contribution >= 4 is 6.09 Å². The highest BCUT2D eigenvalue weighted by Gasteiger charge is 2.26. The number of carbonyl (C=O) groups is 1. The van der Waals surface area contributed by atoms with Gasteiger partial charge in [-0.3, -0.25) is 0 Å². The van der Waals surface area contributed by atoms with E-state index in [1.165, 1.54) is 14.1 Å². The Morgan fingerprint density at radius 1 is 1.50 bits per heavy atom. The highest BCUT2D eigenvalue weighted by Crippen LogP contribution is 2.32. The number of rotatable bonds is 0. The second-order valence-corrected chi connectivity index (χ2v) is 4.86. The van der Waals surface area contributed by atoms with E-state index in [0.717, 1.165) is 11.3 Å². The number of aliphatic hydroxyl groups is 2. The van der Waals surface area contributed by atoms with Crippen molar-refractivity contribution in [3.8, 4) is 0 Å². The van der Waals surface area contributed by atoms with Gasteiger partial charge in [0.05, 0.1) is 11.9 Å². The van der Waals surface area contributed by atoms with E-state index in [2.05, 4.69) is 0 Å². The van der Waals surface area contributed by atoms with Crippen LogP contribution in [0, 0.1) is 5.41 Å². The Morgan fingerprint density at radius 2 is 1.94 bits per heavy atom. The molecule has 0 radical (unpaired) electrons. The molecule has 0 bridgehead atoms. The van der Waals surface area contributed by atoms with Gasteiger partial charge in [0, 0.05) is 20.5 Å². The van der Waals surface area contributed by atoms with Gasteiger partial charge in [-0.2, -0.15) is 0 Å². The van der Waals surface area contributed by atoms with E-state index < -0.39 is 6.09 Å². The van der Waals surface area contributed by atoms with Gasteiger partial charge in [0.15, 0.2) is 0 Å². The zero-order chi connectivity index (χ0) is 12.9. The number of amides is 1. The molecule has 1 rings (SSSR count). The van der Waals surface area contributed by atoms with Crippen LogP contribution in [-0.4, -0.2) is 46.5 Å². The van der Waals surface area contributed by atoms with Crippen LogP contribution >= 0.6 is 0 Å².